The third-order valence-electron chi connectivity index (χ3n) is 3.54. The Morgan fingerprint density at radius 1 is 1.21 bits per heavy atom. The van der Waals surface area contributed by atoms with Gasteiger partial charge >= 0.3 is 0 Å². The van der Waals surface area contributed by atoms with Crippen molar-refractivity contribution in [3.8, 4) is 11.8 Å². The number of rotatable bonds is 6. The average molecular weight is 395 g/mol. The molecule has 6 nitrogen and oxygen atoms in total. The molecule has 2 aromatic rings. The second kappa shape index (κ2) is 10.2. The lowest BCUT2D eigenvalue weighted by atomic mass is 10.1. The number of nitrogens with zero attached hydrogens (tertiary/aromatic N) is 2. The minimum absolute atomic E-state index is 0.0487. The zero-order valence-corrected chi connectivity index (χ0v) is 16.7. The molecular formula is C21H21N3O3S. The van der Waals surface area contributed by atoms with E-state index >= 15 is 0 Å². The van der Waals surface area contributed by atoms with Gasteiger partial charge in [0.1, 0.15) is 17.4 Å². The lowest BCUT2D eigenvalue weighted by Crippen LogP contribution is -2.16. The van der Waals surface area contributed by atoms with Crippen molar-refractivity contribution in [2.24, 2.45) is 0 Å². The molecule has 0 aliphatic heterocycles. The van der Waals surface area contributed by atoms with Gasteiger partial charge in [0.05, 0.1) is 12.3 Å². The van der Waals surface area contributed by atoms with Gasteiger partial charge in [-0.2, -0.15) is 5.26 Å². The first-order chi connectivity index (χ1) is 13.4. The van der Waals surface area contributed by atoms with Crippen LogP contribution in [0.4, 0.5) is 10.5 Å². The minimum Gasteiger partial charge on any atom is -0.492 e. The van der Waals surface area contributed by atoms with Crippen molar-refractivity contribution in [2.45, 2.75) is 11.8 Å². The Balaban J connectivity index is 2.21. The molecule has 0 unspecified atom stereocenters. The number of hydrogen-bond donors (Lipinski definition) is 1. The molecule has 28 heavy (non-hydrogen) atoms. The minimum atomic E-state index is -0.530. The quantitative estimate of drug-likeness (QED) is 0.445. The SMILES string of the molecule is CCOc1ccccc1NC(=O)/C(C#N)=C/c1cccc(SC(=O)N(C)C)c1. The van der Waals surface area contributed by atoms with Crippen LogP contribution in [0.25, 0.3) is 6.08 Å². The van der Waals surface area contributed by atoms with Crippen molar-refractivity contribution in [1.29, 1.82) is 5.26 Å². The standard InChI is InChI=1S/C21H21N3O3S/c1-4-27-19-11-6-5-10-18(19)23-20(25)16(14-22)12-15-8-7-9-17(13-15)28-21(26)24(2)3/h5-13H,4H2,1-3H3,(H,23,25)/b16-12+. The molecule has 0 heterocycles. The zero-order valence-electron chi connectivity index (χ0n) is 15.9. The second-order valence-corrected chi connectivity index (χ2v) is 6.91. The fraction of sp³-hybridized carbons (Fsp3) is 0.190. The molecule has 0 radical (unpaired) electrons. The van der Waals surface area contributed by atoms with E-state index < -0.39 is 5.91 Å². The van der Waals surface area contributed by atoms with Crippen molar-refractivity contribution >= 4 is 34.7 Å². The van der Waals surface area contributed by atoms with Crippen LogP contribution in [-0.2, 0) is 4.79 Å². The van der Waals surface area contributed by atoms with Gasteiger partial charge in [0.15, 0.2) is 0 Å². The maximum Gasteiger partial charge on any atom is 0.285 e. The highest BCUT2D eigenvalue weighted by Gasteiger charge is 2.13. The van der Waals surface area contributed by atoms with E-state index in [-0.39, 0.29) is 10.8 Å². The number of nitrogens with one attached hydrogen (secondary N) is 1. The van der Waals surface area contributed by atoms with E-state index in [0.29, 0.717) is 23.6 Å². The van der Waals surface area contributed by atoms with Gasteiger partial charge in [0, 0.05) is 19.0 Å². The van der Waals surface area contributed by atoms with Crippen LogP contribution in [0.2, 0.25) is 0 Å². The van der Waals surface area contributed by atoms with Crippen LogP contribution in [0, 0.1) is 11.3 Å². The number of anilines is 1. The number of hydrogen-bond acceptors (Lipinski definition) is 5. The second-order valence-electron chi connectivity index (χ2n) is 5.89. The summed E-state index contributed by atoms with van der Waals surface area (Å²) in [6, 6.07) is 16.1. The highest BCUT2D eigenvalue weighted by molar-refractivity contribution is 8.13. The first-order valence-corrected chi connectivity index (χ1v) is 9.40. The molecule has 144 valence electrons. The number of carbonyl (C=O) groups is 2. The average Bonchev–Trinajstić information content (AvgIpc) is 2.68. The maximum absolute atomic E-state index is 12.5. The van der Waals surface area contributed by atoms with Gasteiger partial charge in [0.2, 0.25) is 0 Å². The molecule has 1 N–H and O–H groups in total. The zero-order chi connectivity index (χ0) is 20.5. The van der Waals surface area contributed by atoms with Gasteiger partial charge in [-0.05, 0) is 54.6 Å². The van der Waals surface area contributed by atoms with Crippen molar-refractivity contribution in [1.82, 2.24) is 4.90 Å². The summed E-state index contributed by atoms with van der Waals surface area (Å²) in [7, 11) is 3.36. The third kappa shape index (κ3) is 5.89. The molecule has 2 rings (SSSR count). The van der Waals surface area contributed by atoms with E-state index in [9.17, 15) is 14.9 Å². The topological polar surface area (TPSA) is 82.4 Å². The van der Waals surface area contributed by atoms with E-state index in [1.807, 2.05) is 13.0 Å². The Bertz CT molecular complexity index is 932. The molecule has 0 aliphatic carbocycles. The van der Waals surface area contributed by atoms with Gasteiger partial charge in [-0.1, -0.05) is 24.3 Å². The van der Waals surface area contributed by atoms with Crippen LogP contribution in [0.15, 0.2) is 59.0 Å². The monoisotopic (exact) mass is 395 g/mol. The van der Waals surface area contributed by atoms with E-state index in [0.717, 1.165) is 16.7 Å². The summed E-state index contributed by atoms with van der Waals surface area (Å²) in [5, 5.41) is 12.0. The summed E-state index contributed by atoms with van der Waals surface area (Å²) in [5.74, 6) is 0.00770. The van der Waals surface area contributed by atoms with Gasteiger partial charge in [-0.25, -0.2) is 0 Å². The number of thioether (sulfide) groups is 1. The predicted molar refractivity (Wildman–Crippen MR) is 111 cm³/mol. The molecule has 0 atom stereocenters. The van der Waals surface area contributed by atoms with E-state index in [2.05, 4.69) is 5.32 Å². The van der Waals surface area contributed by atoms with Crippen LogP contribution in [0.3, 0.4) is 0 Å². The number of nitriles is 1. The number of amides is 2. The first-order valence-electron chi connectivity index (χ1n) is 8.58. The lowest BCUT2D eigenvalue weighted by molar-refractivity contribution is -0.112. The van der Waals surface area contributed by atoms with Crippen LogP contribution < -0.4 is 10.1 Å². The summed E-state index contributed by atoms with van der Waals surface area (Å²) >= 11 is 1.08. The normalized spacial score (nSPS) is 10.7. The van der Waals surface area contributed by atoms with Crippen LogP contribution in [0.1, 0.15) is 12.5 Å². The van der Waals surface area contributed by atoms with Crippen molar-refractivity contribution in [3.05, 3.63) is 59.7 Å². The van der Waals surface area contributed by atoms with Crippen molar-refractivity contribution < 1.29 is 14.3 Å². The Hall–Kier alpha value is -3.24. The summed E-state index contributed by atoms with van der Waals surface area (Å²) in [5.41, 5.74) is 1.10. The third-order valence-corrected chi connectivity index (χ3v) is 4.57. The summed E-state index contributed by atoms with van der Waals surface area (Å²) in [4.78, 5) is 26.6. The van der Waals surface area contributed by atoms with Crippen LogP contribution >= 0.6 is 11.8 Å². The fourth-order valence-electron chi connectivity index (χ4n) is 2.22. The van der Waals surface area contributed by atoms with E-state index in [1.165, 1.54) is 11.0 Å². The number of benzene rings is 2. The van der Waals surface area contributed by atoms with Crippen molar-refractivity contribution in [2.75, 3.05) is 26.0 Å². The Kier molecular flexibility index (Phi) is 7.66. The predicted octanol–water partition coefficient (Wildman–Crippen LogP) is 4.40. The fourth-order valence-corrected chi connectivity index (χ4v) is 2.94. The molecule has 0 fully saturated rings. The summed E-state index contributed by atoms with van der Waals surface area (Å²) in [6.07, 6.45) is 1.49. The highest BCUT2D eigenvalue weighted by Crippen LogP contribution is 2.25. The Morgan fingerprint density at radius 3 is 2.64 bits per heavy atom. The van der Waals surface area contributed by atoms with E-state index in [4.69, 9.17) is 4.74 Å². The van der Waals surface area contributed by atoms with Gasteiger partial charge in [0.25, 0.3) is 11.1 Å². The first kappa shape index (κ1) is 21.1. The molecule has 0 saturated heterocycles. The molecular weight excluding hydrogens is 374 g/mol. The number of ether oxygens (including phenoxy) is 1. The van der Waals surface area contributed by atoms with Gasteiger partial charge in [-0.15, -0.1) is 0 Å². The molecule has 2 amide bonds. The molecule has 0 aromatic heterocycles. The maximum atomic E-state index is 12.5. The highest BCUT2D eigenvalue weighted by atomic mass is 32.2. The summed E-state index contributed by atoms with van der Waals surface area (Å²) in [6.45, 7) is 2.31. The van der Waals surface area contributed by atoms with Crippen molar-refractivity contribution in [3.63, 3.8) is 0 Å². The van der Waals surface area contributed by atoms with E-state index in [1.54, 1.807) is 62.6 Å². The Labute approximate surface area is 168 Å². The Morgan fingerprint density at radius 2 is 1.96 bits per heavy atom. The smallest absolute Gasteiger partial charge is 0.285 e. The molecule has 0 aliphatic rings. The number of para-hydroxylation sites is 2. The molecule has 0 spiro atoms. The lowest BCUT2D eigenvalue weighted by Gasteiger charge is -2.11. The summed E-state index contributed by atoms with van der Waals surface area (Å²) < 4.78 is 5.49. The largest absolute Gasteiger partial charge is 0.492 e. The van der Waals surface area contributed by atoms with Gasteiger partial charge < -0.3 is 15.0 Å². The van der Waals surface area contributed by atoms with Crippen LogP contribution in [-0.4, -0.2) is 36.7 Å². The van der Waals surface area contributed by atoms with Gasteiger partial charge in [-0.3, -0.25) is 9.59 Å². The molecule has 2 aromatic carbocycles. The molecule has 7 heteroatoms. The van der Waals surface area contributed by atoms with Crippen LogP contribution in [0.5, 0.6) is 5.75 Å². The molecule has 0 saturated carbocycles. The molecule has 0 bridgehead atoms. The number of carbonyl (C=O) groups excluding carboxylic acids is 2.